The molecule has 0 fully saturated rings. The van der Waals surface area contributed by atoms with Crippen molar-refractivity contribution in [2.24, 2.45) is 0 Å². The maximum atomic E-state index is 2.50. The topological polar surface area (TPSA) is 6.48 Å². The SMILES string of the molecule is c1ccc(-c2cc3ccccc3cc2-c2c3ccc(N4c5ccccc5Cc5ccccc54)cc3c(-c3cc4ccccc4cc3-c3ccccc3)c3ccc(N4c5ccccc5Cc5ccccc54)cc23)cc1. The lowest BCUT2D eigenvalue weighted by Gasteiger charge is -2.34. The first kappa shape index (κ1) is 42.2. The van der Waals surface area contributed by atoms with E-state index >= 15 is 0 Å². The average molecular weight is 941 g/mol. The number of para-hydroxylation sites is 4. The fourth-order valence-corrected chi connectivity index (χ4v) is 12.4. The second-order valence-electron chi connectivity index (χ2n) is 20.0. The van der Waals surface area contributed by atoms with Gasteiger partial charge in [0.15, 0.2) is 0 Å². The Morgan fingerprint density at radius 1 is 0.230 bits per heavy atom. The minimum absolute atomic E-state index is 0.895. The molecule has 2 heteroatoms. The third-order valence-corrected chi connectivity index (χ3v) is 15.8. The van der Waals surface area contributed by atoms with Gasteiger partial charge in [0.1, 0.15) is 0 Å². The molecule has 0 amide bonds. The quantitative estimate of drug-likeness (QED) is 0.153. The van der Waals surface area contributed by atoms with Crippen LogP contribution in [0.5, 0.6) is 0 Å². The van der Waals surface area contributed by atoms with E-state index in [2.05, 4.69) is 277 Å². The molecule has 0 aliphatic carbocycles. The van der Waals surface area contributed by atoms with Crippen molar-refractivity contribution in [3.05, 3.63) is 289 Å². The van der Waals surface area contributed by atoms with Crippen LogP contribution in [0.15, 0.2) is 267 Å². The summed E-state index contributed by atoms with van der Waals surface area (Å²) >= 11 is 0. The normalized spacial score (nSPS) is 12.7. The number of hydrogen-bond donors (Lipinski definition) is 0. The first-order valence-corrected chi connectivity index (χ1v) is 25.8. The minimum atomic E-state index is 0.895. The van der Waals surface area contributed by atoms with E-state index in [-0.39, 0.29) is 0 Å². The number of hydrogen-bond acceptors (Lipinski definition) is 2. The molecule has 15 rings (SSSR count). The summed E-state index contributed by atoms with van der Waals surface area (Å²) in [5.74, 6) is 0. The van der Waals surface area contributed by atoms with Crippen LogP contribution in [0.4, 0.5) is 34.1 Å². The molecule has 74 heavy (non-hydrogen) atoms. The Morgan fingerprint density at radius 3 is 0.878 bits per heavy atom. The first-order valence-electron chi connectivity index (χ1n) is 25.8. The molecular formula is C72H48N2. The molecule has 0 N–H and O–H groups in total. The molecule has 13 aromatic carbocycles. The lowest BCUT2D eigenvalue weighted by atomic mass is 9.80. The highest BCUT2D eigenvalue weighted by Crippen LogP contribution is 2.54. The zero-order chi connectivity index (χ0) is 48.7. The summed E-state index contributed by atoms with van der Waals surface area (Å²) < 4.78 is 0. The summed E-state index contributed by atoms with van der Waals surface area (Å²) in [6, 6.07) is 99.8. The smallest absolute Gasteiger partial charge is 0.0497 e. The molecule has 2 aliphatic heterocycles. The Bertz CT molecular complexity index is 4010. The van der Waals surface area contributed by atoms with Crippen molar-refractivity contribution in [1.29, 1.82) is 0 Å². The molecule has 0 atom stereocenters. The molecule has 0 radical (unpaired) electrons. The lowest BCUT2D eigenvalue weighted by Crippen LogP contribution is -2.18. The Hall–Kier alpha value is -9.50. The summed E-state index contributed by atoms with van der Waals surface area (Å²) in [6.45, 7) is 0. The van der Waals surface area contributed by atoms with Crippen LogP contribution in [0.2, 0.25) is 0 Å². The van der Waals surface area contributed by atoms with Crippen molar-refractivity contribution in [2.45, 2.75) is 12.8 Å². The van der Waals surface area contributed by atoms with Gasteiger partial charge in [0, 0.05) is 47.0 Å². The highest BCUT2D eigenvalue weighted by Gasteiger charge is 2.29. The maximum absolute atomic E-state index is 2.50. The predicted molar refractivity (Wildman–Crippen MR) is 313 cm³/mol. The van der Waals surface area contributed by atoms with E-state index in [0.717, 1.165) is 24.2 Å². The third-order valence-electron chi connectivity index (χ3n) is 15.8. The second-order valence-corrected chi connectivity index (χ2v) is 20.0. The molecule has 0 spiro atoms. The molecule has 0 saturated heterocycles. The summed E-state index contributed by atoms with van der Waals surface area (Å²) in [4.78, 5) is 5.00. The average Bonchev–Trinajstić information content (AvgIpc) is 3.48. The van der Waals surface area contributed by atoms with Crippen LogP contribution in [-0.4, -0.2) is 0 Å². The van der Waals surface area contributed by atoms with E-state index in [1.807, 2.05) is 0 Å². The molecule has 0 aromatic heterocycles. The summed E-state index contributed by atoms with van der Waals surface area (Å²) in [5, 5.41) is 9.66. The van der Waals surface area contributed by atoms with E-state index in [4.69, 9.17) is 0 Å². The van der Waals surface area contributed by atoms with Crippen molar-refractivity contribution >= 4 is 77.2 Å². The van der Waals surface area contributed by atoms with Gasteiger partial charge < -0.3 is 9.80 Å². The molecule has 2 aliphatic rings. The summed E-state index contributed by atoms with van der Waals surface area (Å²) in [5.41, 5.74) is 22.1. The van der Waals surface area contributed by atoms with Crippen LogP contribution in [0.3, 0.4) is 0 Å². The Balaban J connectivity index is 1.13. The zero-order valence-corrected chi connectivity index (χ0v) is 40.7. The molecule has 0 unspecified atom stereocenters. The molecule has 13 aromatic rings. The minimum Gasteiger partial charge on any atom is -0.310 e. The molecule has 0 bridgehead atoms. The van der Waals surface area contributed by atoms with E-state index in [9.17, 15) is 0 Å². The Labute approximate surface area is 431 Å². The van der Waals surface area contributed by atoms with Gasteiger partial charge in [0.05, 0.1) is 0 Å². The van der Waals surface area contributed by atoms with Crippen molar-refractivity contribution in [1.82, 2.24) is 0 Å². The molecular weight excluding hydrogens is 893 g/mol. The highest BCUT2D eigenvalue weighted by molar-refractivity contribution is 6.25. The summed E-state index contributed by atoms with van der Waals surface area (Å²) in [7, 11) is 0. The van der Waals surface area contributed by atoms with Gasteiger partial charge in [-0.05, 0) is 183 Å². The van der Waals surface area contributed by atoms with Gasteiger partial charge in [0.25, 0.3) is 0 Å². The van der Waals surface area contributed by atoms with Gasteiger partial charge in [-0.2, -0.15) is 0 Å². The van der Waals surface area contributed by atoms with Crippen LogP contribution in [0.25, 0.3) is 87.6 Å². The van der Waals surface area contributed by atoms with Crippen molar-refractivity contribution in [3.8, 4) is 44.5 Å². The third kappa shape index (κ3) is 6.80. The monoisotopic (exact) mass is 940 g/mol. The molecule has 2 heterocycles. The van der Waals surface area contributed by atoms with E-state index in [1.54, 1.807) is 0 Å². The van der Waals surface area contributed by atoms with Crippen LogP contribution in [0.1, 0.15) is 22.3 Å². The van der Waals surface area contributed by atoms with Gasteiger partial charge in [-0.25, -0.2) is 0 Å². The standard InChI is InChI=1S/C72H48N2/c1-3-19-47(20-4-1)61-41-49-23-7-9-25-51(49)43-63(61)71-59-37-35-58(74-69-33-17-13-29-55(69)40-56-30-14-18-34-70(56)74)46-66(59)72(64-44-52-26-10-8-24-50(52)42-62(64)48-21-5-2-6-22-48)60-38-36-57(45-65(60)71)73-67-31-15-11-27-53(67)39-54-28-12-16-32-68(54)73/h1-38,41-46H,39-40H2. The maximum Gasteiger partial charge on any atom is 0.0497 e. The van der Waals surface area contributed by atoms with Gasteiger partial charge in [-0.15, -0.1) is 0 Å². The van der Waals surface area contributed by atoms with E-state index < -0.39 is 0 Å². The van der Waals surface area contributed by atoms with Gasteiger partial charge in [-0.3, -0.25) is 0 Å². The molecule has 2 nitrogen and oxygen atoms in total. The van der Waals surface area contributed by atoms with Crippen LogP contribution < -0.4 is 9.80 Å². The summed E-state index contributed by atoms with van der Waals surface area (Å²) in [6.07, 6.45) is 1.79. The number of rotatable bonds is 6. The van der Waals surface area contributed by atoms with Crippen molar-refractivity contribution < 1.29 is 0 Å². The predicted octanol–water partition coefficient (Wildman–Crippen LogP) is 19.7. The molecule has 0 saturated carbocycles. The first-order chi connectivity index (χ1) is 36.7. The Morgan fingerprint density at radius 2 is 0.527 bits per heavy atom. The van der Waals surface area contributed by atoms with E-state index in [0.29, 0.717) is 0 Å². The Kier molecular flexibility index (Phi) is 9.74. The van der Waals surface area contributed by atoms with Gasteiger partial charge in [0.2, 0.25) is 0 Å². The number of anilines is 6. The largest absolute Gasteiger partial charge is 0.310 e. The van der Waals surface area contributed by atoms with Gasteiger partial charge >= 0.3 is 0 Å². The zero-order valence-electron chi connectivity index (χ0n) is 40.7. The van der Waals surface area contributed by atoms with Crippen molar-refractivity contribution in [3.63, 3.8) is 0 Å². The van der Waals surface area contributed by atoms with Crippen LogP contribution in [-0.2, 0) is 12.8 Å². The molecule has 346 valence electrons. The van der Waals surface area contributed by atoms with Crippen LogP contribution >= 0.6 is 0 Å². The van der Waals surface area contributed by atoms with Gasteiger partial charge in [-0.1, -0.05) is 194 Å². The lowest BCUT2D eigenvalue weighted by molar-refractivity contribution is 1.09. The highest BCUT2D eigenvalue weighted by atomic mass is 15.2. The number of nitrogens with zero attached hydrogens (tertiary/aromatic N) is 2. The fraction of sp³-hybridized carbons (Fsp3) is 0.0278. The number of fused-ring (bicyclic) bond motifs is 8. The fourth-order valence-electron chi connectivity index (χ4n) is 12.4. The number of benzene rings is 13. The van der Waals surface area contributed by atoms with Crippen LogP contribution in [0, 0.1) is 0 Å². The van der Waals surface area contributed by atoms with E-state index in [1.165, 1.54) is 133 Å². The second kappa shape index (κ2) is 17.1. The van der Waals surface area contributed by atoms with Crippen molar-refractivity contribution in [2.75, 3.05) is 9.80 Å².